The average molecular weight is 448 g/mol. The molecule has 0 saturated carbocycles. The number of anilines is 1. The highest BCUT2D eigenvalue weighted by atomic mass is 16.5. The molecule has 3 aromatic rings. The predicted octanol–water partition coefficient (Wildman–Crippen LogP) is 2.24. The fraction of sp³-hybridized carbons (Fsp3) is 0.400. The number of H-pyrrole nitrogens is 1. The summed E-state index contributed by atoms with van der Waals surface area (Å²) in [5, 5.41) is 4.27. The van der Waals surface area contributed by atoms with Gasteiger partial charge in [-0.3, -0.25) is 14.5 Å². The maximum absolute atomic E-state index is 12.6. The van der Waals surface area contributed by atoms with Crippen molar-refractivity contribution in [3.05, 3.63) is 69.9 Å². The van der Waals surface area contributed by atoms with Crippen LogP contribution in [-0.4, -0.2) is 66.7 Å². The molecule has 0 aliphatic carbocycles. The molecule has 2 aliphatic rings. The molecule has 0 radical (unpaired) electrons. The smallest absolute Gasteiger partial charge is 0.269 e. The highest BCUT2D eigenvalue weighted by molar-refractivity contribution is 5.92. The van der Waals surface area contributed by atoms with E-state index in [1.807, 2.05) is 31.2 Å². The lowest BCUT2D eigenvalue weighted by atomic mass is 10.0. The van der Waals surface area contributed by atoms with E-state index in [0.29, 0.717) is 18.3 Å². The van der Waals surface area contributed by atoms with E-state index in [1.54, 1.807) is 19.3 Å². The van der Waals surface area contributed by atoms with E-state index in [4.69, 9.17) is 4.74 Å². The zero-order chi connectivity index (χ0) is 22.9. The minimum Gasteiger partial charge on any atom is -0.370 e. The van der Waals surface area contributed by atoms with Crippen LogP contribution in [0.5, 0.6) is 0 Å². The summed E-state index contributed by atoms with van der Waals surface area (Å²) in [6, 6.07) is 12.1. The fourth-order valence-electron chi connectivity index (χ4n) is 4.83. The minimum absolute atomic E-state index is 0.0529. The molecule has 2 aromatic heterocycles. The van der Waals surface area contributed by atoms with Gasteiger partial charge in [-0.2, -0.15) is 0 Å². The molecule has 2 aliphatic heterocycles. The van der Waals surface area contributed by atoms with Crippen LogP contribution in [0.25, 0.3) is 10.8 Å². The Morgan fingerprint density at radius 1 is 1.15 bits per heavy atom. The van der Waals surface area contributed by atoms with E-state index in [0.717, 1.165) is 60.3 Å². The monoisotopic (exact) mass is 447 g/mol. The Hall–Kier alpha value is -3.23. The molecule has 0 unspecified atom stereocenters. The zero-order valence-corrected chi connectivity index (χ0v) is 19.0. The largest absolute Gasteiger partial charge is 0.370 e. The molecule has 2 N–H and O–H groups in total. The maximum Gasteiger partial charge on any atom is 0.269 e. The van der Waals surface area contributed by atoms with Crippen LogP contribution in [0.2, 0.25) is 0 Å². The summed E-state index contributed by atoms with van der Waals surface area (Å²) < 4.78 is 6.12. The van der Waals surface area contributed by atoms with E-state index in [-0.39, 0.29) is 17.6 Å². The number of carbonyl (C=O) groups is 1. The van der Waals surface area contributed by atoms with Crippen LogP contribution in [0.3, 0.4) is 0 Å². The topological polar surface area (TPSA) is 90.6 Å². The van der Waals surface area contributed by atoms with E-state index in [9.17, 15) is 9.59 Å². The van der Waals surface area contributed by atoms with Gasteiger partial charge in [0.05, 0.1) is 24.6 Å². The van der Waals surface area contributed by atoms with Crippen LogP contribution < -0.4 is 15.8 Å². The number of hydrogen-bond acceptors (Lipinski definition) is 6. The van der Waals surface area contributed by atoms with Crippen molar-refractivity contribution < 1.29 is 9.53 Å². The Morgan fingerprint density at radius 3 is 2.70 bits per heavy atom. The van der Waals surface area contributed by atoms with Gasteiger partial charge < -0.3 is 19.9 Å². The zero-order valence-electron chi connectivity index (χ0n) is 19.0. The fourth-order valence-corrected chi connectivity index (χ4v) is 4.83. The third-order valence-electron chi connectivity index (χ3n) is 6.75. The van der Waals surface area contributed by atoms with Gasteiger partial charge >= 0.3 is 0 Å². The Kier molecular flexibility index (Phi) is 5.86. The number of nitrogens with one attached hydrogen (secondary N) is 2. The first-order valence-corrected chi connectivity index (χ1v) is 11.4. The lowest BCUT2D eigenvalue weighted by Gasteiger charge is -2.38. The number of fused-ring (bicyclic) bond motifs is 1. The predicted molar refractivity (Wildman–Crippen MR) is 128 cm³/mol. The van der Waals surface area contributed by atoms with E-state index in [2.05, 4.69) is 31.2 Å². The molecule has 0 bridgehead atoms. The van der Waals surface area contributed by atoms with Gasteiger partial charge in [-0.25, -0.2) is 4.98 Å². The first kappa shape index (κ1) is 21.6. The summed E-state index contributed by atoms with van der Waals surface area (Å²) in [4.78, 5) is 36.4. The maximum atomic E-state index is 12.6. The van der Waals surface area contributed by atoms with Gasteiger partial charge in [-0.1, -0.05) is 17.7 Å². The second-order valence-electron chi connectivity index (χ2n) is 8.86. The molecule has 172 valence electrons. The highest BCUT2D eigenvalue weighted by Crippen LogP contribution is 2.32. The molecule has 33 heavy (non-hydrogen) atoms. The summed E-state index contributed by atoms with van der Waals surface area (Å²) in [7, 11) is 1.60. The lowest BCUT2D eigenvalue weighted by Crippen LogP contribution is -2.50. The standard InChI is InChI=1S/C25H29N5O3/c1-16-3-4-17-12-22(28-24(31)20(17)11-16)23-13-19(15-33-23)30-9-7-29(8-10-30)18-5-6-21(27-14-18)25(32)26-2/h3-6,11-12,14,19,23H,7-10,13,15H2,1-2H3,(H,26,32)(H,28,31)/t19-,23+/m0/s1. The number of aromatic nitrogens is 2. The molecule has 0 spiro atoms. The number of aryl methyl sites for hydroxylation is 1. The van der Waals surface area contributed by atoms with E-state index in [1.165, 1.54) is 0 Å². The number of piperazine rings is 1. The van der Waals surface area contributed by atoms with Gasteiger partial charge in [0.2, 0.25) is 0 Å². The second-order valence-corrected chi connectivity index (χ2v) is 8.86. The van der Waals surface area contributed by atoms with Crippen molar-refractivity contribution in [3.63, 3.8) is 0 Å². The minimum atomic E-state index is -0.176. The van der Waals surface area contributed by atoms with Crippen molar-refractivity contribution in [1.29, 1.82) is 0 Å². The van der Waals surface area contributed by atoms with Crippen LogP contribution in [0.15, 0.2) is 47.4 Å². The van der Waals surface area contributed by atoms with Crippen molar-refractivity contribution >= 4 is 22.4 Å². The summed E-state index contributed by atoms with van der Waals surface area (Å²) in [5.41, 5.74) is 3.35. The molecule has 5 rings (SSSR count). The van der Waals surface area contributed by atoms with Gasteiger partial charge in [0.25, 0.3) is 11.5 Å². The lowest BCUT2D eigenvalue weighted by molar-refractivity contribution is 0.0931. The third-order valence-corrected chi connectivity index (χ3v) is 6.75. The molecule has 1 amide bonds. The van der Waals surface area contributed by atoms with Crippen molar-refractivity contribution in [2.45, 2.75) is 25.5 Å². The molecule has 2 saturated heterocycles. The second kappa shape index (κ2) is 8.96. The van der Waals surface area contributed by atoms with Crippen LogP contribution in [0.1, 0.15) is 34.3 Å². The number of nitrogens with zero attached hydrogens (tertiary/aromatic N) is 3. The summed E-state index contributed by atoms with van der Waals surface area (Å²) >= 11 is 0. The van der Waals surface area contributed by atoms with Crippen molar-refractivity contribution in [2.75, 3.05) is 44.7 Å². The van der Waals surface area contributed by atoms with Crippen molar-refractivity contribution in [1.82, 2.24) is 20.2 Å². The van der Waals surface area contributed by atoms with Gasteiger partial charge in [0, 0.05) is 50.3 Å². The normalized spacial score (nSPS) is 21.5. The summed E-state index contributed by atoms with van der Waals surface area (Å²) in [6.45, 7) is 6.33. The Morgan fingerprint density at radius 2 is 1.97 bits per heavy atom. The number of amides is 1. The van der Waals surface area contributed by atoms with Crippen LogP contribution in [0.4, 0.5) is 5.69 Å². The Balaban J connectivity index is 1.21. The number of pyridine rings is 2. The van der Waals surface area contributed by atoms with Crippen LogP contribution >= 0.6 is 0 Å². The number of rotatable bonds is 4. The van der Waals surface area contributed by atoms with E-state index >= 15 is 0 Å². The summed E-state index contributed by atoms with van der Waals surface area (Å²) in [5.74, 6) is -0.176. The summed E-state index contributed by atoms with van der Waals surface area (Å²) in [6.07, 6.45) is 2.55. The number of ether oxygens (including phenoxy) is 1. The number of carbonyl (C=O) groups excluding carboxylic acids is 1. The van der Waals surface area contributed by atoms with Crippen molar-refractivity contribution in [3.8, 4) is 0 Å². The molecular formula is C25H29N5O3. The molecule has 8 nitrogen and oxygen atoms in total. The molecular weight excluding hydrogens is 418 g/mol. The van der Waals surface area contributed by atoms with Gasteiger partial charge in [-0.15, -0.1) is 0 Å². The number of benzene rings is 1. The average Bonchev–Trinajstić information content (AvgIpc) is 3.34. The Labute approximate surface area is 192 Å². The first-order valence-electron chi connectivity index (χ1n) is 11.4. The molecule has 2 fully saturated rings. The SMILES string of the molecule is CNC(=O)c1ccc(N2CCN([C@@H]3CO[C@@H](c4cc5ccc(C)cc5c(=O)[nH]4)C3)CC2)cn1. The first-order chi connectivity index (χ1) is 16.0. The number of hydrogen-bond donors (Lipinski definition) is 2. The van der Waals surface area contributed by atoms with Gasteiger partial charge in [-0.05, 0) is 43.0 Å². The van der Waals surface area contributed by atoms with Crippen LogP contribution in [0, 0.1) is 6.92 Å². The molecule has 8 heteroatoms. The molecule has 4 heterocycles. The molecule has 2 atom stereocenters. The number of aromatic amines is 1. The highest BCUT2D eigenvalue weighted by Gasteiger charge is 2.33. The van der Waals surface area contributed by atoms with Crippen molar-refractivity contribution in [2.24, 2.45) is 0 Å². The van der Waals surface area contributed by atoms with Gasteiger partial charge in [0.15, 0.2) is 0 Å². The van der Waals surface area contributed by atoms with Gasteiger partial charge in [0.1, 0.15) is 5.69 Å². The Bertz CT molecular complexity index is 1210. The van der Waals surface area contributed by atoms with E-state index < -0.39 is 0 Å². The third kappa shape index (κ3) is 4.36. The van der Waals surface area contributed by atoms with Crippen LogP contribution in [-0.2, 0) is 4.74 Å². The molecule has 1 aromatic carbocycles. The quantitative estimate of drug-likeness (QED) is 0.638.